The third kappa shape index (κ3) is 2.54. The second kappa shape index (κ2) is 4.66. The van der Waals surface area contributed by atoms with Crippen molar-refractivity contribution in [1.29, 1.82) is 0 Å². The molecule has 0 radical (unpaired) electrons. The van der Waals surface area contributed by atoms with Crippen LogP contribution in [0.1, 0.15) is 5.56 Å². The Morgan fingerprint density at radius 3 is 2.57 bits per heavy atom. The maximum absolute atomic E-state index is 12.8. The fourth-order valence-electron chi connectivity index (χ4n) is 2.00. The number of nitrogens with zero attached hydrogens (tertiary/aromatic N) is 1. The minimum absolute atomic E-state index is 0.00888. The van der Waals surface area contributed by atoms with E-state index in [-0.39, 0.29) is 17.3 Å². The van der Waals surface area contributed by atoms with E-state index < -0.39 is 11.7 Å². The predicted octanol–water partition coefficient (Wildman–Crippen LogP) is 4.75. The summed E-state index contributed by atoms with van der Waals surface area (Å²) in [6.45, 7) is 0. The van der Waals surface area contributed by atoms with Crippen LogP contribution in [0.3, 0.4) is 0 Å². The van der Waals surface area contributed by atoms with Crippen LogP contribution >= 0.6 is 11.6 Å². The number of nitrogen functional groups attached to an aromatic ring is 1. The minimum atomic E-state index is -4.50. The van der Waals surface area contributed by atoms with Crippen LogP contribution in [-0.2, 0) is 6.18 Å². The number of halogens is 4. The Hall–Kier alpha value is -2.21. The highest BCUT2D eigenvalue weighted by Crippen LogP contribution is 2.35. The number of rotatable bonds is 1. The zero-order valence-electron chi connectivity index (χ0n) is 10.4. The monoisotopic (exact) mass is 312 g/mol. The molecule has 21 heavy (non-hydrogen) atoms. The summed E-state index contributed by atoms with van der Waals surface area (Å²) in [4.78, 5) is 3.88. The molecule has 0 fully saturated rings. The Morgan fingerprint density at radius 2 is 1.90 bits per heavy atom. The molecule has 3 rings (SSSR count). The molecule has 0 aliphatic heterocycles. The van der Waals surface area contributed by atoms with Crippen LogP contribution in [0, 0.1) is 0 Å². The molecule has 108 valence electrons. The average Bonchev–Trinajstić information content (AvgIpc) is 2.82. The van der Waals surface area contributed by atoms with Crippen LogP contribution < -0.4 is 5.73 Å². The van der Waals surface area contributed by atoms with Gasteiger partial charge in [-0.1, -0.05) is 23.7 Å². The first-order valence-electron chi connectivity index (χ1n) is 5.88. The molecule has 3 aromatic rings. The Kier molecular flexibility index (Phi) is 3.06. The molecule has 2 heterocycles. The van der Waals surface area contributed by atoms with Gasteiger partial charge in [-0.15, -0.1) is 0 Å². The average molecular weight is 313 g/mol. The van der Waals surface area contributed by atoms with E-state index >= 15 is 0 Å². The Labute approximate surface area is 122 Å². The number of para-hydroxylation sites is 1. The quantitative estimate of drug-likeness (QED) is 0.705. The van der Waals surface area contributed by atoms with Crippen LogP contribution in [-0.4, -0.2) is 4.98 Å². The van der Waals surface area contributed by atoms with Crippen molar-refractivity contribution in [3.63, 3.8) is 0 Å². The Bertz CT molecular complexity index is 827. The summed E-state index contributed by atoms with van der Waals surface area (Å²) in [5, 5.41) is 1.05. The van der Waals surface area contributed by atoms with E-state index in [1.54, 1.807) is 24.3 Å². The minimum Gasteiger partial charge on any atom is -0.453 e. The number of hydrogen-bond acceptors (Lipinski definition) is 3. The van der Waals surface area contributed by atoms with E-state index in [0.29, 0.717) is 16.0 Å². The van der Waals surface area contributed by atoms with Crippen molar-refractivity contribution in [2.24, 2.45) is 0 Å². The molecule has 3 nitrogen and oxygen atoms in total. The fourth-order valence-corrected chi connectivity index (χ4v) is 2.22. The van der Waals surface area contributed by atoms with Gasteiger partial charge in [-0.25, -0.2) is 4.98 Å². The van der Waals surface area contributed by atoms with Crippen molar-refractivity contribution in [3.8, 4) is 11.5 Å². The summed E-state index contributed by atoms with van der Waals surface area (Å²) < 4.78 is 43.9. The van der Waals surface area contributed by atoms with Gasteiger partial charge < -0.3 is 10.2 Å². The number of anilines is 1. The van der Waals surface area contributed by atoms with Gasteiger partial charge in [-0.05, 0) is 24.3 Å². The van der Waals surface area contributed by atoms with Gasteiger partial charge in [0.1, 0.15) is 11.5 Å². The van der Waals surface area contributed by atoms with E-state index in [9.17, 15) is 13.2 Å². The first kappa shape index (κ1) is 13.8. The van der Waals surface area contributed by atoms with E-state index in [1.165, 1.54) is 0 Å². The summed E-state index contributed by atoms with van der Waals surface area (Å²) in [6, 6.07) is 8.33. The molecular formula is C14H8ClF3N2O. The summed E-state index contributed by atoms with van der Waals surface area (Å²) in [5.41, 5.74) is 4.96. The van der Waals surface area contributed by atoms with E-state index in [4.69, 9.17) is 21.8 Å². The molecular weight excluding hydrogens is 305 g/mol. The molecule has 0 aliphatic carbocycles. The maximum Gasteiger partial charge on any atom is 0.416 e. The highest BCUT2D eigenvalue weighted by Gasteiger charge is 2.31. The largest absolute Gasteiger partial charge is 0.453 e. The number of pyridine rings is 1. The molecule has 2 aromatic heterocycles. The van der Waals surface area contributed by atoms with Gasteiger partial charge in [-0.3, -0.25) is 0 Å². The van der Waals surface area contributed by atoms with E-state index in [0.717, 1.165) is 12.1 Å². The van der Waals surface area contributed by atoms with Crippen molar-refractivity contribution < 1.29 is 17.6 Å². The van der Waals surface area contributed by atoms with Gasteiger partial charge in [0.15, 0.2) is 11.3 Å². The Morgan fingerprint density at radius 1 is 1.14 bits per heavy atom. The lowest BCUT2D eigenvalue weighted by Gasteiger charge is -2.08. The zero-order chi connectivity index (χ0) is 15.2. The van der Waals surface area contributed by atoms with Crippen molar-refractivity contribution in [3.05, 3.63) is 47.0 Å². The van der Waals surface area contributed by atoms with Gasteiger partial charge in [-0.2, -0.15) is 13.2 Å². The van der Waals surface area contributed by atoms with Gasteiger partial charge in [0.05, 0.1) is 10.6 Å². The molecule has 0 aliphatic rings. The van der Waals surface area contributed by atoms with Gasteiger partial charge in [0, 0.05) is 5.39 Å². The summed E-state index contributed by atoms with van der Waals surface area (Å²) in [7, 11) is 0. The van der Waals surface area contributed by atoms with Crippen LogP contribution in [0.4, 0.5) is 19.0 Å². The number of aromatic nitrogens is 1. The molecule has 0 bridgehead atoms. The zero-order valence-corrected chi connectivity index (χ0v) is 11.2. The molecule has 0 amide bonds. The maximum atomic E-state index is 12.8. The third-order valence-electron chi connectivity index (χ3n) is 2.92. The highest BCUT2D eigenvalue weighted by atomic mass is 35.5. The van der Waals surface area contributed by atoms with E-state index in [2.05, 4.69) is 4.98 Å². The topological polar surface area (TPSA) is 52.0 Å². The lowest BCUT2D eigenvalue weighted by atomic mass is 10.1. The number of alkyl halides is 3. The molecule has 0 atom stereocenters. The standard InChI is InChI=1S/C14H8ClF3N2O/c15-9-3-1-2-7-4-11(21-13(7)9)10-5-8(14(16,17)18)6-12(19)20-10/h1-6H,(H2,19,20). The van der Waals surface area contributed by atoms with Crippen LogP contribution in [0.5, 0.6) is 0 Å². The second-order valence-electron chi connectivity index (χ2n) is 4.43. The predicted molar refractivity (Wildman–Crippen MR) is 73.9 cm³/mol. The number of hydrogen-bond donors (Lipinski definition) is 1. The number of nitrogens with two attached hydrogens (primary N) is 1. The molecule has 0 saturated carbocycles. The van der Waals surface area contributed by atoms with Crippen molar-refractivity contribution in [2.45, 2.75) is 6.18 Å². The molecule has 2 N–H and O–H groups in total. The first-order valence-corrected chi connectivity index (χ1v) is 6.25. The smallest absolute Gasteiger partial charge is 0.416 e. The molecule has 1 aromatic carbocycles. The van der Waals surface area contributed by atoms with E-state index in [1.807, 2.05) is 0 Å². The molecule has 0 unspecified atom stereocenters. The van der Waals surface area contributed by atoms with Crippen LogP contribution in [0.2, 0.25) is 5.02 Å². The number of benzene rings is 1. The van der Waals surface area contributed by atoms with Crippen LogP contribution in [0.15, 0.2) is 40.8 Å². The summed E-state index contributed by atoms with van der Waals surface area (Å²) >= 11 is 5.97. The molecule has 0 spiro atoms. The lowest BCUT2D eigenvalue weighted by molar-refractivity contribution is -0.137. The van der Waals surface area contributed by atoms with Gasteiger partial charge >= 0.3 is 6.18 Å². The van der Waals surface area contributed by atoms with Crippen molar-refractivity contribution in [1.82, 2.24) is 4.98 Å². The summed E-state index contributed by atoms with van der Waals surface area (Å²) in [5.74, 6) is -0.0534. The van der Waals surface area contributed by atoms with Crippen molar-refractivity contribution in [2.75, 3.05) is 5.73 Å². The van der Waals surface area contributed by atoms with Gasteiger partial charge in [0.2, 0.25) is 0 Å². The molecule has 0 saturated heterocycles. The van der Waals surface area contributed by atoms with Crippen LogP contribution in [0.25, 0.3) is 22.4 Å². The summed E-state index contributed by atoms with van der Waals surface area (Å²) in [6.07, 6.45) is -4.50. The third-order valence-corrected chi connectivity index (χ3v) is 3.22. The number of fused-ring (bicyclic) bond motifs is 1. The lowest BCUT2D eigenvalue weighted by Crippen LogP contribution is -2.07. The van der Waals surface area contributed by atoms with Crippen molar-refractivity contribution >= 4 is 28.4 Å². The van der Waals surface area contributed by atoms with Gasteiger partial charge in [0.25, 0.3) is 0 Å². The number of furan rings is 1. The first-order chi connectivity index (χ1) is 9.84. The fraction of sp³-hybridized carbons (Fsp3) is 0.0714. The Balaban J connectivity index is 2.18. The normalized spacial score (nSPS) is 12.0. The highest BCUT2D eigenvalue weighted by molar-refractivity contribution is 6.34. The molecule has 7 heteroatoms. The second-order valence-corrected chi connectivity index (χ2v) is 4.84. The SMILES string of the molecule is Nc1cc(C(F)(F)F)cc(-c2cc3cccc(Cl)c3o2)n1.